The third kappa shape index (κ3) is 4.35. The average molecular weight is 240 g/mol. The second-order valence-corrected chi connectivity index (χ2v) is 4.04. The average Bonchev–Trinajstić information content (AvgIpc) is 2.33. The molecule has 3 heteroatoms. The molecule has 1 unspecified atom stereocenters. The number of hydrogen-bond acceptors (Lipinski definition) is 3. The van der Waals surface area contributed by atoms with Crippen molar-refractivity contribution in [2.75, 3.05) is 19.0 Å². The molecule has 1 aromatic carbocycles. The lowest BCUT2D eigenvalue weighted by Crippen LogP contribution is -2.12. The molecule has 0 radical (unpaired) electrons. The van der Waals surface area contributed by atoms with Crippen LogP contribution in [0.25, 0.3) is 0 Å². The van der Waals surface area contributed by atoms with Gasteiger partial charge in [-0.15, -0.1) is 0 Å². The second-order valence-electron chi connectivity index (χ2n) is 3.67. The zero-order valence-corrected chi connectivity index (χ0v) is 10.9. The minimum atomic E-state index is 0.523. The quantitative estimate of drug-likeness (QED) is 0.736. The maximum absolute atomic E-state index is 5.68. The molecule has 0 N–H and O–H groups in total. The minimum Gasteiger partial charge on any atom is -0.494 e. The predicted octanol–water partition coefficient (Wildman–Crippen LogP) is 3.42. The van der Waals surface area contributed by atoms with Crippen molar-refractivity contribution in [3.8, 4) is 11.5 Å². The van der Waals surface area contributed by atoms with Gasteiger partial charge in [0.25, 0.3) is 0 Å². The molecule has 0 aromatic heterocycles. The third-order valence-corrected chi connectivity index (χ3v) is 2.97. The minimum absolute atomic E-state index is 0.523. The van der Waals surface area contributed by atoms with Crippen molar-refractivity contribution >= 4 is 12.6 Å². The molecule has 2 nitrogen and oxygen atoms in total. The highest BCUT2D eigenvalue weighted by Gasteiger charge is 2.04. The molecule has 1 rings (SSSR count). The first-order valence-corrected chi connectivity index (χ1v) is 6.39. The van der Waals surface area contributed by atoms with Gasteiger partial charge in [-0.25, -0.2) is 0 Å². The summed E-state index contributed by atoms with van der Waals surface area (Å²) in [7, 11) is 0. The summed E-state index contributed by atoms with van der Waals surface area (Å²) in [5, 5.41) is 0. The van der Waals surface area contributed by atoms with Gasteiger partial charge in [0, 0.05) is 5.92 Å². The van der Waals surface area contributed by atoms with Gasteiger partial charge in [-0.1, -0.05) is 6.92 Å². The first-order chi connectivity index (χ1) is 7.80. The van der Waals surface area contributed by atoms with E-state index in [1.54, 1.807) is 0 Å². The van der Waals surface area contributed by atoms with Gasteiger partial charge in [0.1, 0.15) is 11.5 Å². The van der Waals surface area contributed by atoms with Crippen molar-refractivity contribution in [1.29, 1.82) is 0 Å². The van der Waals surface area contributed by atoms with E-state index in [0.29, 0.717) is 12.5 Å². The lowest BCUT2D eigenvalue weighted by atomic mass is 10.1. The number of ether oxygens (including phenoxy) is 2. The molecular weight excluding hydrogens is 220 g/mol. The van der Waals surface area contributed by atoms with Crippen LogP contribution in [0.2, 0.25) is 0 Å². The van der Waals surface area contributed by atoms with Crippen molar-refractivity contribution in [1.82, 2.24) is 0 Å². The standard InChI is InChI=1S/C13H20O2S/c1-3-11(10-16)9-15-13-7-5-12(6-8-13)14-4-2/h5-8,11,16H,3-4,9-10H2,1-2H3. The normalized spacial score (nSPS) is 12.2. The Labute approximate surface area is 103 Å². The van der Waals surface area contributed by atoms with Gasteiger partial charge in [0.15, 0.2) is 0 Å². The van der Waals surface area contributed by atoms with Gasteiger partial charge < -0.3 is 9.47 Å². The summed E-state index contributed by atoms with van der Waals surface area (Å²) in [6.45, 7) is 5.55. The second kappa shape index (κ2) is 7.44. The molecule has 16 heavy (non-hydrogen) atoms. The smallest absolute Gasteiger partial charge is 0.119 e. The Morgan fingerprint density at radius 1 is 1.06 bits per heavy atom. The van der Waals surface area contributed by atoms with E-state index < -0.39 is 0 Å². The van der Waals surface area contributed by atoms with Crippen LogP contribution in [0.5, 0.6) is 11.5 Å². The molecule has 0 aliphatic heterocycles. The Balaban J connectivity index is 2.42. The summed E-state index contributed by atoms with van der Waals surface area (Å²) < 4.78 is 11.0. The topological polar surface area (TPSA) is 18.5 Å². The molecule has 1 atom stereocenters. The Morgan fingerprint density at radius 2 is 1.62 bits per heavy atom. The molecule has 0 bridgehead atoms. The molecule has 0 saturated heterocycles. The van der Waals surface area contributed by atoms with E-state index in [9.17, 15) is 0 Å². The van der Waals surface area contributed by atoms with E-state index in [1.165, 1.54) is 0 Å². The number of benzene rings is 1. The summed E-state index contributed by atoms with van der Waals surface area (Å²) in [5.41, 5.74) is 0. The number of thiol groups is 1. The Hall–Kier alpha value is -0.830. The molecule has 1 aromatic rings. The maximum atomic E-state index is 5.68. The third-order valence-electron chi connectivity index (χ3n) is 2.46. The summed E-state index contributed by atoms with van der Waals surface area (Å²) in [5.74, 6) is 3.17. The van der Waals surface area contributed by atoms with E-state index in [1.807, 2.05) is 31.2 Å². The molecule has 0 spiro atoms. The van der Waals surface area contributed by atoms with Crippen LogP contribution in [0.1, 0.15) is 20.3 Å². The van der Waals surface area contributed by atoms with Crippen LogP contribution in [-0.4, -0.2) is 19.0 Å². The molecule has 0 heterocycles. The molecule has 0 aliphatic carbocycles. The fourth-order valence-corrected chi connectivity index (χ4v) is 1.68. The molecule has 0 aliphatic rings. The van der Waals surface area contributed by atoms with E-state index in [4.69, 9.17) is 9.47 Å². The highest BCUT2D eigenvalue weighted by molar-refractivity contribution is 7.80. The summed E-state index contributed by atoms with van der Waals surface area (Å²) in [4.78, 5) is 0. The predicted molar refractivity (Wildman–Crippen MR) is 70.7 cm³/mol. The zero-order valence-electron chi connectivity index (χ0n) is 9.98. The first kappa shape index (κ1) is 13.2. The van der Waals surface area contributed by atoms with Crippen LogP contribution in [0.3, 0.4) is 0 Å². The number of rotatable bonds is 7. The monoisotopic (exact) mass is 240 g/mol. The highest BCUT2D eigenvalue weighted by Crippen LogP contribution is 2.18. The lowest BCUT2D eigenvalue weighted by molar-refractivity contribution is 0.259. The zero-order chi connectivity index (χ0) is 11.8. The van der Waals surface area contributed by atoms with Crippen LogP contribution in [0.4, 0.5) is 0 Å². The van der Waals surface area contributed by atoms with Gasteiger partial charge in [-0.3, -0.25) is 0 Å². The van der Waals surface area contributed by atoms with Crippen molar-refractivity contribution < 1.29 is 9.47 Å². The summed E-state index contributed by atoms with van der Waals surface area (Å²) in [6.07, 6.45) is 1.10. The van der Waals surface area contributed by atoms with Crippen molar-refractivity contribution in [3.05, 3.63) is 24.3 Å². The lowest BCUT2D eigenvalue weighted by Gasteiger charge is -2.13. The molecule has 0 amide bonds. The van der Waals surface area contributed by atoms with E-state index in [-0.39, 0.29) is 0 Å². The maximum Gasteiger partial charge on any atom is 0.119 e. The molecule has 90 valence electrons. The SMILES string of the molecule is CCOc1ccc(OCC(CC)CS)cc1. The van der Waals surface area contributed by atoms with Gasteiger partial charge in [-0.05, 0) is 43.4 Å². The number of hydrogen-bond donors (Lipinski definition) is 1. The van der Waals surface area contributed by atoms with Crippen molar-refractivity contribution in [3.63, 3.8) is 0 Å². The molecular formula is C13H20O2S. The largest absolute Gasteiger partial charge is 0.494 e. The van der Waals surface area contributed by atoms with Crippen LogP contribution < -0.4 is 9.47 Å². The van der Waals surface area contributed by atoms with Crippen LogP contribution in [0, 0.1) is 5.92 Å². The van der Waals surface area contributed by atoms with Gasteiger partial charge in [0.2, 0.25) is 0 Å². The fraction of sp³-hybridized carbons (Fsp3) is 0.538. The Bertz CT molecular complexity index is 280. The van der Waals surface area contributed by atoms with Crippen LogP contribution >= 0.6 is 12.6 Å². The highest BCUT2D eigenvalue weighted by atomic mass is 32.1. The van der Waals surface area contributed by atoms with Crippen molar-refractivity contribution in [2.24, 2.45) is 5.92 Å². The Morgan fingerprint density at radius 3 is 2.06 bits per heavy atom. The first-order valence-electron chi connectivity index (χ1n) is 5.76. The fourth-order valence-electron chi connectivity index (χ4n) is 1.31. The van der Waals surface area contributed by atoms with E-state index >= 15 is 0 Å². The summed E-state index contributed by atoms with van der Waals surface area (Å²) in [6, 6.07) is 7.74. The van der Waals surface area contributed by atoms with Crippen LogP contribution in [0.15, 0.2) is 24.3 Å². The van der Waals surface area contributed by atoms with Gasteiger partial charge >= 0.3 is 0 Å². The Kier molecular flexibility index (Phi) is 6.16. The molecule has 0 saturated carbocycles. The molecule has 0 fully saturated rings. The van der Waals surface area contributed by atoms with Crippen molar-refractivity contribution in [2.45, 2.75) is 20.3 Å². The van der Waals surface area contributed by atoms with Gasteiger partial charge in [-0.2, -0.15) is 12.6 Å². The van der Waals surface area contributed by atoms with Gasteiger partial charge in [0.05, 0.1) is 13.2 Å². The summed E-state index contributed by atoms with van der Waals surface area (Å²) >= 11 is 4.29. The van der Waals surface area contributed by atoms with E-state index in [2.05, 4.69) is 19.6 Å². The van der Waals surface area contributed by atoms with Crippen LogP contribution in [-0.2, 0) is 0 Å². The van der Waals surface area contributed by atoms with E-state index in [0.717, 1.165) is 30.3 Å².